The van der Waals surface area contributed by atoms with E-state index < -0.39 is 0 Å². The molecule has 2 rings (SSSR count). The molecular weight excluding hydrogens is 230 g/mol. The Bertz CT molecular complexity index is 346. The van der Waals surface area contributed by atoms with Crippen molar-refractivity contribution in [1.82, 2.24) is 5.32 Å². The molecule has 0 aromatic heterocycles. The molecule has 1 atom stereocenters. The molecule has 1 aliphatic carbocycles. The molecule has 0 spiro atoms. The van der Waals surface area contributed by atoms with Gasteiger partial charge in [-0.05, 0) is 44.2 Å². The van der Waals surface area contributed by atoms with E-state index in [4.69, 9.17) is 0 Å². The molecule has 1 N–H and O–H groups in total. The summed E-state index contributed by atoms with van der Waals surface area (Å²) < 4.78 is 0. The van der Waals surface area contributed by atoms with Gasteiger partial charge < -0.3 is 5.32 Å². The van der Waals surface area contributed by atoms with E-state index in [1.54, 1.807) is 0 Å². The summed E-state index contributed by atoms with van der Waals surface area (Å²) in [6.07, 6.45) is 9.78. The average molecular weight is 259 g/mol. The first-order valence-electron chi connectivity index (χ1n) is 8.08. The smallest absolute Gasteiger partial charge is 0.0136 e. The summed E-state index contributed by atoms with van der Waals surface area (Å²) in [6, 6.07) is 9.76. The van der Waals surface area contributed by atoms with Gasteiger partial charge in [0, 0.05) is 6.04 Å². The van der Waals surface area contributed by atoms with Gasteiger partial charge in [0.15, 0.2) is 0 Å². The van der Waals surface area contributed by atoms with Crippen LogP contribution in [0.5, 0.6) is 0 Å². The molecule has 1 fully saturated rings. The van der Waals surface area contributed by atoms with Gasteiger partial charge in [0.05, 0.1) is 0 Å². The quantitative estimate of drug-likeness (QED) is 0.768. The minimum Gasteiger partial charge on any atom is -0.314 e. The van der Waals surface area contributed by atoms with Crippen LogP contribution in [-0.2, 0) is 6.42 Å². The summed E-state index contributed by atoms with van der Waals surface area (Å²) in [6.45, 7) is 5.49. The van der Waals surface area contributed by atoms with Crippen molar-refractivity contribution in [2.75, 3.05) is 6.54 Å². The second kappa shape index (κ2) is 7.69. The monoisotopic (exact) mass is 259 g/mol. The molecule has 0 saturated heterocycles. The maximum atomic E-state index is 3.74. The van der Waals surface area contributed by atoms with Gasteiger partial charge in [-0.15, -0.1) is 0 Å². The second-order valence-corrected chi connectivity index (χ2v) is 6.11. The highest BCUT2D eigenvalue weighted by Gasteiger charge is 2.22. The van der Waals surface area contributed by atoms with Gasteiger partial charge in [0.2, 0.25) is 0 Å². The summed E-state index contributed by atoms with van der Waals surface area (Å²) in [4.78, 5) is 0. The van der Waals surface area contributed by atoms with Gasteiger partial charge in [-0.1, -0.05) is 62.4 Å². The van der Waals surface area contributed by atoms with Crippen LogP contribution in [0.25, 0.3) is 0 Å². The molecule has 0 amide bonds. The SMILES string of the molecule is CCNC(Cc1ccc(C)cc1)C1CCCCCC1. The molecule has 106 valence electrons. The lowest BCUT2D eigenvalue weighted by atomic mass is 9.87. The minimum absolute atomic E-state index is 0.672. The van der Waals surface area contributed by atoms with Crippen molar-refractivity contribution in [3.05, 3.63) is 35.4 Å². The highest BCUT2D eigenvalue weighted by Crippen LogP contribution is 2.27. The number of likely N-dealkylation sites (N-methyl/N-ethyl adjacent to an activating group) is 1. The van der Waals surface area contributed by atoms with Gasteiger partial charge >= 0.3 is 0 Å². The van der Waals surface area contributed by atoms with Crippen molar-refractivity contribution in [2.24, 2.45) is 5.92 Å². The largest absolute Gasteiger partial charge is 0.314 e. The summed E-state index contributed by atoms with van der Waals surface area (Å²) in [7, 11) is 0. The fourth-order valence-electron chi connectivity index (χ4n) is 3.36. The topological polar surface area (TPSA) is 12.0 Å². The van der Waals surface area contributed by atoms with Gasteiger partial charge in [0.1, 0.15) is 0 Å². The summed E-state index contributed by atoms with van der Waals surface area (Å²) in [5.41, 5.74) is 2.85. The fraction of sp³-hybridized carbons (Fsp3) is 0.667. The van der Waals surface area contributed by atoms with E-state index in [-0.39, 0.29) is 0 Å². The maximum absolute atomic E-state index is 3.74. The second-order valence-electron chi connectivity index (χ2n) is 6.11. The van der Waals surface area contributed by atoms with Crippen LogP contribution in [0.1, 0.15) is 56.6 Å². The molecule has 0 heterocycles. The number of benzene rings is 1. The lowest BCUT2D eigenvalue weighted by Gasteiger charge is -2.27. The molecule has 1 nitrogen and oxygen atoms in total. The van der Waals surface area contributed by atoms with E-state index in [2.05, 4.69) is 43.4 Å². The van der Waals surface area contributed by atoms with Crippen LogP contribution in [-0.4, -0.2) is 12.6 Å². The highest BCUT2D eigenvalue weighted by atomic mass is 14.9. The van der Waals surface area contributed by atoms with Crippen LogP contribution in [0.4, 0.5) is 0 Å². The first-order chi connectivity index (χ1) is 9.29. The predicted octanol–water partition coefficient (Wildman–Crippen LogP) is 4.49. The normalized spacial score (nSPS) is 19.1. The molecule has 0 aliphatic heterocycles. The number of nitrogens with one attached hydrogen (secondary N) is 1. The van der Waals surface area contributed by atoms with Gasteiger partial charge in [-0.3, -0.25) is 0 Å². The van der Waals surface area contributed by atoms with Crippen molar-refractivity contribution in [3.63, 3.8) is 0 Å². The van der Waals surface area contributed by atoms with E-state index in [1.165, 1.54) is 56.1 Å². The highest BCUT2D eigenvalue weighted by molar-refractivity contribution is 5.22. The zero-order chi connectivity index (χ0) is 13.5. The molecular formula is C18H29N. The molecule has 1 aromatic carbocycles. The van der Waals surface area contributed by atoms with Crippen molar-refractivity contribution in [1.29, 1.82) is 0 Å². The van der Waals surface area contributed by atoms with Crippen LogP contribution < -0.4 is 5.32 Å². The summed E-state index contributed by atoms with van der Waals surface area (Å²) in [5.74, 6) is 0.878. The van der Waals surface area contributed by atoms with Crippen LogP contribution >= 0.6 is 0 Å². The Morgan fingerprint density at radius 2 is 1.68 bits per heavy atom. The standard InChI is InChI=1S/C18H29N/c1-3-19-18(17-8-6-4-5-7-9-17)14-16-12-10-15(2)11-13-16/h10-13,17-19H,3-9,14H2,1-2H3. The van der Waals surface area contributed by atoms with Gasteiger partial charge in [-0.2, -0.15) is 0 Å². The average Bonchev–Trinajstić information content (AvgIpc) is 2.70. The molecule has 1 saturated carbocycles. The van der Waals surface area contributed by atoms with Crippen LogP contribution in [0.2, 0.25) is 0 Å². The third-order valence-electron chi connectivity index (χ3n) is 4.51. The van der Waals surface area contributed by atoms with E-state index in [0.717, 1.165) is 12.5 Å². The van der Waals surface area contributed by atoms with E-state index in [9.17, 15) is 0 Å². The number of hydrogen-bond donors (Lipinski definition) is 1. The third kappa shape index (κ3) is 4.65. The Morgan fingerprint density at radius 3 is 2.26 bits per heavy atom. The molecule has 1 unspecified atom stereocenters. The van der Waals surface area contributed by atoms with Crippen molar-refractivity contribution >= 4 is 0 Å². The van der Waals surface area contributed by atoms with E-state index in [1.807, 2.05) is 0 Å². The molecule has 0 radical (unpaired) electrons. The Labute approximate surface area is 118 Å². The van der Waals surface area contributed by atoms with E-state index in [0.29, 0.717) is 6.04 Å². The zero-order valence-corrected chi connectivity index (χ0v) is 12.6. The predicted molar refractivity (Wildman–Crippen MR) is 83.5 cm³/mol. The lowest BCUT2D eigenvalue weighted by Crippen LogP contribution is -2.37. The lowest BCUT2D eigenvalue weighted by molar-refractivity contribution is 0.321. The van der Waals surface area contributed by atoms with Crippen molar-refractivity contribution < 1.29 is 0 Å². The molecule has 1 aliphatic rings. The summed E-state index contributed by atoms with van der Waals surface area (Å²) in [5, 5.41) is 3.74. The molecule has 19 heavy (non-hydrogen) atoms. The zero-order valence-electron chi connectivity index (χ0n) is 12.6. The van der Waals surface area contributed by atoms with Gasteiger partial charge in [-0.25, -0.2) is 0 Å². The number of hydrogen-bond acceptors (Lipinski definition) is 1. The Morgan fingerprint density at radius 1 is 1.05 bits per heavy atom. The summed E-state index contributed by atoms with van der Waals surface area (Å²) >= 11 is 0. The van der Waals surface area contributed by atoms with Crippen LogP contribution in [0.3, 0.4) is 0 Å². The Balaban J connectivity index is 1.99. The van der Waals surface area contributed by atoms with Crippen molar-refractivity contribution in [3.8, 4) is 0 Å². The molecule has 1 aromatic rings. The third-order valence-corrected chi connectivity index (χ3v) is 4.51. The number of rotatable bonds is 5. The van der Waals surface area contributed by atoms with Gasteiger partial charge in [0.25, 0.3) is 0 Å². The Hall–Kier alpha value is -0.820. The fourth-order valence-corrected chi connectivity index (χ4v) is 3.36. The number of aryl methyl sites for hydroxylation is 1. The maximum Gasteiger partial charge on any atom is 0.0136 e. The molecule has 1 heteroatoms. The minimum atomic E-state index is 0.672. The Kier molecular flexibility index (Phi) is 5.91. The molecule has 0 bridgehead atoms. The van der Waals surface area contributed by atoms with E-state index >= 15 is 0 Å². The first kappa shape index (κ1) is 14.6. The van der Waals surface area contributed by atoms with Crippen LogP contribution in [0.15, 0.2) is 24.3 Å². The first-order valence-corrected chi connectivity index (χ1v) is 8.08. The van der Waals surface area contributed by atoms with Crippen LogP contribution in [0, 0.1) is 12.8 Å². The van der Waals surface area contributed by atoms with Crippen molar-refractivity contribution in [2.45, 2.75) is 64.8 Å².